The fraction of sp³-hybridized carbons (Fsp3) is 0.143. The first-order valence-electron chi connectivity index (χ1n) is 7.11. The number of nitrogens with zero attached hydrogens (tertiary/aromatic N) is 2. The summed E-state index contributed by atoms with van der Waals surface area (Å²) in [5, 5.41) is 21.9. The lowest BCUT2D eigenvalue weighted by atomic mass is 10.1. The highest BCUT2D eigenvalue weighted by Crippen LogP contribution is 2.49. The lowest BCUT2D eigenvalue weighted by Crippen LogP contribution is -2.13. The highest BCUT2D eigenvalue weighted by atomic mass is 79.9. The molecule has 16 heteroatoms. The number of nitrogens with one attached hydrogen (secondary N) is 1. The normalized spacial score (nSPS) is 12.0. The van der Waals surface area contributed by atoms with Crippen molar-refractivity contribution in [1.82, 2.24) is 0 Å². The maximum atomic E-state index is 13.4. The first-order valence-corrected chi connectivity index (χ1v) is 8.66. The Hall–Kier alpha value is -2.32. The third-order valence-electron chi connectivity index (χ3n) is 3.52. The van der Waals surface area contributed by atoms with Gasteiger partial charge in [0.1, 0.15) is 5.69 Å². The van der Waals surface area contributed by atoms with E-state index in [4.69, 9.17) is 23.2 Å². The molecule has 7 nitrogen and oxygen atoms in total. The van der Waals surface area contributed by atoms with Gasteiger partial charge in [-0.3, -0.25) is 20.2 Å². The van der Waals surface area contributed by atoms with Crippen molar-refractivity contribution in [3.63, 3.8) is 0 Å². The van der Waals surface area contributed by atoms with Crippen LogP contribution < -0.4 is 5.32 Å². The second kappa shape index (κ2) is 8.07. The summed E-state index contributed by atoms with van der Waals surface area (Å²) in [5.74, 6) is 0. The zero-order valence-corrected chi connectivity index (χ0v) is 16.8. The molecule has 0 amide bonds. The fourth-order valence-electron chi connectivity index (χ4n) is 2.31. The smallest absolute Gasteiger partial charge is 0.347 e. The predicted octanol–water partition coefficient (Wildman–Crippen LogP) is 7.35. The summed E-state index contributed by atoms with van der Waals surface area (Å²) in [4.78, 5) is 19.4. The van der Waals surface area contributed by atoms with Gasteiger partial charge in [0, 0.05) is 10.5 Å². The second-order valence-corrected chi connectivity index (χ2v) is 7.07. The Morgan fingerprint density at radius 1 is 0.900 bits per heavy atom. The third kappa shape index (κ3) is 4.70. The number of rotatable bonds is 4. The Bertz CT molecular complexity index is 1060. The molecule has 0 atom stereocenters. The number of nitro benzene ring substituents is 2. The highest BCUT2D eigenvalue weighted by Gasteiger charge is 2.41. The second-order valence-electron chi connectivity index (χ2n) is 5.43. The summed E-state index contributed by atoms with van der Waals surface area (Å²) in [6.45, 7) is 0. The van der Waals surface area contributed by atoms with E-state index in [1.807, 2.05) is 5.32 Å². The number of alkyl halides is 6. The van der Waals surface area contributed by atoms with Crippen LogP contribution in [0.15, 0.2) is 22.7 Å². The van der Waals surface area contributed by atoms with Gasteiger partial charge in [0.05, 0.1) is 42.8 Å². The number of non-ortho nitro benzene ring substituents is 1. The third-order valence-corrected chi connectivity index (χ3v) is 4.82. The van der Waals surface area contributed by atoms with Gasteiger partial charge in [0.15, 0.2) is 0 Å². The highest BCUT2D eigenvalue weighted by molar-refractivity contribution is 9.10. The van der Waals surface area contributed by atoms with Crippen LogP contribution in [-0.4, -0.2) is 9.85 Å². The molecule has 0 spiro atoms. The van der Waals surface area contributed by atoms with E-state index in [2.05, 4.69) is 15.9 Å². The molecule has 0 heterocycles. The molecule has 0 saturated carbocycles. The van der Waals surface area contributed by atoms with E-state index in [0.29, 0.717) is 6.07 Å². The van der Waals surface area contributed by atoms with Gasteiger partial charge in [-0.05, 0) is 22.0 Å². The van der Waals surface area contributed by atoms with E-state index in [1.165, 1.54) is 0 Å². The Labute approximate surface area is 180 Å². The van der Waals surface area contributed by atoms with E-state index < -0.39 is 66.1 Å². The first-order chi connectivity index (χ1) is 13.6. The van der Waals surface area contributed by atoms with Crippen molar-refractivity contribution in [2.45, 2.75) is 12.4 Å². The van der Waals surface area contributed by atoms with Crippen molar-refractivity contribution in [3.05, 3.63) is 64.1 Å². The molecule has 0 aromatic heterocycles. The van der Waals surface area contributed by atoms with Gasteiger partial charge < -0.3 is 5.32 Å². The molecule has 0 unspecified atom stereocenters. The van der Waals surface area contributed by atoms with Gasteiger partial charge in [0.25, 0.3) is 11.4 Å². The average molecular weight is 543 g/mol. The number of benzene rings is 2. The van der Waals surface area contributed by atoms with Crippen molar-refractivity contribution >= 4 is 61.9 Å². The van der Waals surface area contributed by atoms with E-state index >= 15 is 0 Å². The molecule has 2 aromatic carbocycles. The molecule has 1 N–H and O–H groups in total. The van der Waals surface area contributed by atoms with Gasteiger partial charge in [0.2, 0.25) is 0 Å². The number of hydrogen-bond acceptors (Lipinski definition) is 5. The van der Waals surface area contributed by atoms with Gasteiger partial charge >= 0.3 is 12.4 Å². The molecule has 0 aliphatic carbocycles. The summed E-state index contributed by atoms with van der Waals surface area (Å²) in [6.07, 6.45) is -10.5. The van der Waals surface area contributed by atoms with E-state index in [0.717, 1.165) is 0 Å². The van der Waals surface area contributed by atoms with Crippen molar-refractivity contribution in [1.29, 1.82) is 0 Å². The van der Waals surface area contributed by atoms with Gasteiger partial charge in [-0.25, -0.2) is 0 Å². The largest absolute Gasteiger partial charge is 0.419 e. The van der Waals surface area contributed by atoms with Crippen molar-refractivity contribution in [2.75, 3.05) is 5.32 Å². The average Bonchev–Trinajstić information content (AvgIpc) is 2.55. The predicted molar refractivity (Wildman–Crippen MR) is 97.2 cm³/mol. The van der Waals surface area contributed by atoms with Crippen LogP contribution >= 0.6 is 39.1 Å². The zero-order chi connectivity index (χ0) is 23.2. The SMILES string of the molecule is O=[N+]([O-])c1cc([N+](=O)[O-])c(Nc2c(Br)cc(Cl)c(C(F)(F)F)c2Cl)c(C(F)(F)F)c1. The molecule has 0 bridgehead atoms. The molecule has 2 aromatic rings. The molecular formula is C14H4BrCl2F6N3O4. The standard InChI is InChI=1S/C14H4BrCl2F6N3O4/c15-6-3-7(16)9(14(21,22)23)10(17)12(6)24-11-5(13(18,19)20)1-4(25(27)28)2-8(11)26(29)30/h1-3,24H. The Balaban J connectivity index is 2.87. The molecule has 2 rings (SSSR count). The number of halogens is 9. The summed E-state index contributed by atoms with van der Waals surface area (Å²) in [7, 11) is 0. The molecule has 0 saturated heterocycles. The Morgan fingerprint density at radius 3 is 1.90 bits per heavy atom. The van der Waals surface area contributed by atoms with Crippen molar-refractivity contribution in [2.24, 2.45) is 0 Å². The van der Waals surface area contributed by atoms with E-state index in [1.54, 1.807) is 0 Å². The maximum Gasteiger partial charge on any atom is 0.419 e. The van der Waals surface area contributed by atoms with Gasteiger partial charge in [-0.1, -0.05) is 23.2 Å². The molecule has 162 valence electrons. The first kappa shape index (κ1) is 24.0. The summed E-state index contributed by atoms with van der Waals surface area (Å²) >= 11 is 14.0. The molecule has 0 radical (unpaired) electrons. The minimum atomic E-state index is -5.35. The Kier molecular flexibility index (Phi) is 6.45. The lowest BCUT2D eigenvalue weighted by molar-refractivity contribution is -0.394. The zero-order valence-electron chi connectivity index (χ0n) is 13.7. The summed E-state index contributed by atoms with van der Waals surface area (Å²) < 4.78 is 79.6. The lowest BCUT2D eigenvalue weighted by Gasteiger charge is -2.19. The molecule has 0 fully saturated rings. The molecule has 30 heavy (non-hydrogen) atoms. The topological polar surface area (TPSA) is 98.3 Å². The van der Waals surface area contributed by atoms with Crippen LogP contribution in [0, 0.1) is 20.2 Å². The van der Waals surface area contributed by atoms with Gasteiger partial charge in [-0.2, -0.15) is 26.3 Å². The minimum Gasteiger partial charge on any atom is -0.347 e. The van der Waals surface area contributed by atoms with Gasteiger partial charge in [-0.15, -0.1) is 0 Å². The number of hydrogen-bond donors (Lipinski definition) is 1. The molecule has 0 aliphatic rings. The number of nitro groups is 2. The van der Waals surface area contributed by atoms with Crippen LogP contribution in [0.4, 0.5) is 49.1 Å². The minimum absolute atomic E-state index is 0.00225. The summed E-state index contributed by atoms with van der Waals surface area (Å²) in [6, 6.07) is 0.890. The summed E-state index contributed by atoms with van der Waals surface area (Å²) in [5.41, 5.74) is -8.31. The molecular weight excluding hydrogens is 539 g/mol. The van der Waals surface area contributed by atoms with E-state index in [-0.39, 0.29) is 16.6 Å². The Morgan fingerprint density at radius 2 is 1.47 bits per heavy atom. The maximum absolute atomic E-state index is 13.4. The molecule has 0 aliphatic heterocycles. The quantitative estimate of drug-likeness (QED) is 0.247. The van der Waals surface area contributed by atoms with Crippen LogP contribution in [0.3, 0.4) is 0 Å². The van der Waals surface area contributed by atoms with Crippen LogP contribution in [0.2, 0.25) is 10.0 Å². The monoisotopic (exact) mass is 541 g/mol. The fourth-order valence-corrected chi connectivity index (χ4v) is 3.80. The number of anilines is 2. The van der Waals surface area contributed by atoms with Crippen LogP contribution in [-0.2, 0) is 12.4 Å². The van der Waals surface area contributed by atoms with E-state index in [9.17, 15) is 46.6 Å². The van der Waals surface area contributed by atoms with Crippen LogP contribution in [0.25, 0.3) is 0 Å². The van der Waals surface area contributed by atoms with Crippen LogP contribution in [0.5, 0.6) is 0 Å². The van der Waals surface area contributed by atoms with Crippen LogP contribution in [0.1, 0.15) is 11.1 Å². The van der Waals surface area contributed by atoms with Crippen molar-refractivity contribution in [3.8, 4) is 0 Å². The van der Waals surface area contributed by atoms with Crippen molar-refractivity contribution < 1.29 is 36.2 Å².